The lowest BCUT2D eigenvalue weighted by molar-refractivity contribution is -0.214. The zero-order valence-corrected chi connectivity index (χ0v) is 9.03. The number of likely N-dealkylation sites (N-methyl/N-ethyl adjacent to an activating group) is 2. The van der Waals surface area contributed by atoms with Gasteiger partial charge in [-0.2, -0.15) is 0 Å². The van der Waals surface area contributed by atoms with Crippen molar-refractivity contribution in [2.75, 3.05) is 26.7 Å². The molecule has 0 unspecified atom stereocenters. The van der Waals surface area contributed by atoms with E-state index < -0.39 is 5.72 Å². The molecule has 1 saturated heterocycles. The minimum atomic E-state index is -0.916. The first kappa shape index (κ1) is 11.4. The highest BCUT2D eigenvalue weighted by atomic mass is 16.3. The van der Waals surface area contributed by atoms with Crippen molar-refractivity contribution in [3.05, 3.63) is 0 Å². The van der Waals surface area contributed by atoms with Crippen LogP contribution in [0.25, 0.3) is 0 Å². The number of rotatable bonds is 3. The van der Waals surface area contributed by atoms with E-state index >= 15 is 0 Å². The number of likely N-dealkylation sites (tertiary alicyclic amines) is 1. The van der Waals surface area contributed by atoms with Crippen molar-refractivity contribution in [1.29, 1.82) is 0 Å². The third-order valence-corrected chi connectivity index (χ3v) is 3.06. The normalized spacial score (nSPS) is 32.5. The first-order valence-electron chi connectivity index (χ1n) is 4.88. The van der Waals surface area contributed by atoms with Crippen LogP contribution in [0.15, 0.2) is 0 Å². The van der Waals surface area contributed by atoms with Crippen molar-refractivity contribution in [1.82, 2.24) is 9.80 Å². The molecule has 2 atom stereocenters. The summed E-state index contributed by atoms with van der Waals surface area (Å²) in [5.74, 6) is -0.106. The summed E-state index contributed by atoms with van der Waals surface area (Å²) in [4.78, 5) is 14.9. The largest absolute Gasteiger partial charge is 0.374 e. The molecular formula is C9H19N3O2. The molecule has 0 aromatic carbocycles. The molecule has 0 aliphatic carbocycles. The van der Waals surface area contributed by atoms with Crippen LogP contribution in [0.5, 0.6) is 0 Å². The molecule has 5 nitrogen and oxygen atoms in total. The Hall–Kier alpha value is -0.650. The molecule has 1 aliphatic heterocycles. The van der Waals surface area contributed by atoms with Crippen LogP contribution in [0, 0.1) is 0 Å². The predicted octanol–water partition coefficient (Wildman–Crippen LogP) is -1.18. The minimum absolute atomic E-state index is 0.00410. The van der Waals surface area contributed by atoms with Gasteiger partial charge in [0, 0.05) is 13.1 Å². The summed E-state index contributed by atoms with van der Waals surface area (Å²) in [5.41, 5.74) is 4.39. The van der Waals surface area contributed by atoms with Crippen LogP contribution in [-0.2, 0) is 4.79 Å². The highest BCUT2D eigenvalue weighted by Gasteiger charge is 2.50. The number of carbonyl (C=O) groups is 1. The maximum atomic E-state index is 11.4. The van der Waals surface area contributed by atoms with Crippen LogP contribution in [0.4, 0.5) is 0 Å². The Morgan fingerprint density at radius 1 is 1.79 bits per heavy atom. The van der Waals surface area contributed by atoms with E-state index in [0.29, 0.717) is 13.1 Å². The second kappa shape index (κ2) is 3.84. The van der Waals surface area contributed by atoms with Gasteiger partial charge in [0.15, 0.2) is 0 Å². The summed E-state index contributed by atoms with van der Waals surface area (Å²) in [6.07, 6.45) is 0. The Kier molecular flexibility index (Phi) is 3.14. The summed E-state index contributed by atoms with van der Waals surface area (Å²) in [6.45, 7) is 4.90. The fourth-order valence-electron chi connectivity index (χ4n) is 1.84. The summed E-state index contributed by atoms with van der Waals surface area (Å²) in [6, 6.07) is -0.131. The van der Waals surface area contributed by atoms with Gasteiger partial charge >= 0.3 is 0 Å². The van der Waals surface area contributed by atoms with E-state index in [-0.39, 0.29) is 18.5 Å². The van der Waals surface area contributed by atoms with Crippen molar-refractivity contribution in [3.8, 4) is 0 Å². The number of hydrogen-bond donors (Lipinski definition) is 2. The molecule has 5 heteroatoms. The van der Waals surface area contributed by atoms with Gasteiger partial charge < -0.3 is 15.7 Å². The lowest BCUT2D eigenvalue weighted by atomic mass is 9.92. The predicted molar refractivity (Wildman–Crippen MR) is 53.5 cm³/mol. The molecule has 0 spiro atoms. The van der Waals surface area contributed by atoms with Crippen LogP contribution in [0.1, 0.15) is 13.8 Å². The first-order chi connectivity index (χ1) is 6.45. The molecule has 1 amide bonds. The van der Waals surface area contributed by atoms with E-state index in [9.17, 15) is 9.90 Å². The number of nitrogens with two attached hydrogens (primary N) is 1. The summed E-state index contributed by atoms with van der Waals surface area (Å²) < 4.78 is 0. The molecule has 82 valence electrons. The summed E-state index contributed by atoms with van der Waals surface area (Å²) in [5, 5.41) is 9.98. The maximum Gasteiger partial charge on any atom is 0.236 e. The van der Waals surface area contributed by atoms with Gasteiger partial charge in [-0.05, 0) is 20.9 Å². The second-order valence-electron chi connectivity index (χ2n) is 3.87. The van der Waals surface area contributed by atoms with E-state index in [4.69, 9.17) is 5.73 Å². The minimum Gasteiger partial charge on any atom is -0.374 e. The van der Waals surface area contributed by atoms with Gasteiger partial charge in [-0.3, -0.25) is 9.69 Å². The van der Waals surface area contributed by atoms with Crippen LogP contribution < -0.4 is 5.73 Å². The molecule has 1 rings (SSSR count). The van der Waals surface area contributed by atoms with Crippen molar-refractivity contribution in [3.63, 3.8) is 0 Å². The SMILES string of the molecule is CCN(C(=O)CN)[C@@H]1CN(C)[C@@]1(C)O. The highest BCUT2D eigenvalue weighted by Crippen LogP contribution is 2.30. The third kappa shape index (κ3) is 1.63. The maximum absolute atomic E-state index is 11.4. The smallest absolute Gasteiger partial charge is 0.236 e. The van der Waals surface area contributed by atoms with Gasteiger partial charge in [0.2, 0.25) is 5.91 Å². The molecule has 0 aromatic rings. The molecular weight excluding hydrogens is 182 g/mol. The lowest BCUT2D eigenvalue weighted by Crippen LogP contribution is -2.74. The van der Waals surface area contributed by atoms with E-state index in [1.807, 2.05) is 18.9 Å². The van der Waals surface area contributed by atoms with Crippen LogP contribution in [-0.4, -0.2) is 59.3 Å². The van der Waals surface area contributed by atoms with Gasteiger partial charge in [0.25, 0.3) is 0 Å². The fraction of sp³-hybridized carbons (Fsp3) is 0.889. The zero-order valence-electron chi connectivity index (χ0n) is 9.03. The summed E-state index contributed by atoms with van der Waals surface area (Å²) in [7, 11) is 1.83. The Morgan fingerprint density at radius 3 is 2.64 bits per heavy atom. The van der Waals surface area contributed by atoms with Crippen molar-refractivity contribution in [2.45, 2.75) is 25.6 Å². The lowest BCUT2D eigenvalue weighted by Gasteiger charge is -2.55. The average Bonchev–Trinajstić information content (AvgIpc) is 2.17. The molecule has 14 heavy (non-hydrogen) atoms. The molecule has 0 aromatic heterocycles. The standard InChI is InChI=1S/C9H19N3O2/c1-4-12(8(13)5-10)7-6-11(3)9(7,2)14/h7,14H,4-6,10H2,1-3H3/t7-,9+/m1/s1. The van der Waals surface area contributed by atoms with E-state index in [2.05, 4.69) is 0 Å². The average molecular weight is 201 g/mol. The van der Waals surface area contributed by atoms with E-state index in [1.165, 1.54) is 0 Å². The second-order valence-corrected chi connectivity index (χ2v) is 3.87. The molecule has 0 saturated carbocycles. The first-order valence-corrected chi connectivity index (χ1v) is 4.88. The van der Waals surface area contributed by atoms with Gasteiger partial charge in [-0.25, -0.2) is 0 Å². The number of aliphatic hydroxyl groups is 1. The molecule has 1 aliphatic rings. The molecule has 3 N–H and O–H groups in total. The molecule has 1 heterocycles. The summed E-state index contributed by atoms with van der Waals surface area (Å²) >= 11 is 0. The Balaban J connectivity index is 2.69. The van der Waals surface area contributed by atoms with Crippen LogP contribution in [0.3, 0.4) is 0 Å². The molecule has 0 radical (unpaired) electrons. The van der Waals surface area contributed by atoms with E-state index in [0.717, 1.165) is 0 Å². The highest BCUT2D eigenvalue weighted by molar-refractivity contribution is 5.78. The van der Waals surface area contributed by atoms with Crippen molar-refractivity contribution < 1.29 is 9.90 Å². The van der Waals surface area contributed by atoms with E-state index in [1.54, 1.807) is 11.8 Å². The van der Waals surface area contributed by atoms with Gasteiger partial charge in [0.05, 0.1) is 12.6 Å². The van der Waals surface area contributed by atoms with Crippen molar-refractivity contribution >= 4 is 5.91 Å². The Morgan fingerprint density at radius 2 is 2.36 bits per heavy atom. The molecule has 1 fully saturated rings. The topological polar surface area (TPSA) is 69.8 Å². The Labute approximate surface area is 84.5 Å². The molecule has 0 bridgehead atoms. The fourth-order valence-corrected chi connectivity index (χ4v) is 1.84. The quantitative estimate of drug-likeness (QED) is 0.603. The van der Waals surface area contributed by atoms with Crippen LogP contribution in [0.2, 0.25) is 0 Å². The van der Waals surface area contributed by atoms with Crippen molar-refractivity contribution in [2.24, 2.45) is 5.73 Å². The van der Waals surface area contributed by atoms with Gasteiger partial charge in [0.1, 0.15) is 5.72 Å². The van der Waals surface area contributed by atoms with Gasteiger partial charge in [-0.1, -0.05) is 0 Å². The zero-order chi connectivity index (χ0) is 10.9. The third-order valence-electron chi connectivity index (χ3n) is 3.06. The number of hydrogen-bond acceptors (Lipinski definition) is 4. The number of nitrogens with zero attached hydrogens (tertiary/aromatic N) is 2. The number of amides is 1. The monoisotopic (exact) mass is 201 g/mol. The van der Waals surface area contributed by atoms with Crippen LogP contribution >= 0.6 is 0 Å². The van der Waals surface area contributed by atoms with Gasteiger partial charge in [-0.15, -0.1) is 0 Å². The number of carbonyl (C=O) groups excluding carboxylic acids is 1. The Bertz CT molecular complexity index is 230.